The number of rotatable bonds is 0. The minimum Gasteiger partial charge on any atom is -0.478 e. The molecule has 0 aliphatic rings. The lowest BCUT2D eigenvalue weighted by Gasteiger charge is -1.95. The molecule has 0 atom stereocenters. The summed E-state index contributed by atoms with van der Waals surface area (Å²) in [5, 5.41) is 12.6. The number of aromatic hydroxyl groups is 1. The van der Waals surface area contributed by atoms with Crippen LogP contribution in [0.3, 0.4) is 0 Å². The second-order valence-electron chi connectivity index (χ2n) is 2.33. The number of aryl methyl sites for hydroxylation is 1. The molecule has 2 heterocycles. The first kappa shape index (κ1) is 7.48. The average Bonchev–Trinajstić information content (AvgIpc) is 2.30. The maximum atomic E-state index is 8.94. The largest absolute Gasteiger partial charge is 0.478 e. The summed E-state index contributed by atoms with van der Waals surface area (Å²) >= 11 is 3.29. The standard InChI is InChI=1S/C6H5BrN4O/c1-3-4(7)2-11-5(8-3)9-6(12)10-11/h2H,1H3,(H,10,12). The molecule has 1 N–H and O–H groups in total. The summed E-state index contributed by atoms with van der Waals surface area (Å²) in [6.45, 7) is 1.84. The van der Waals surface area contributed by atoms with E-state index in [1.54, 1.807) is 6.20 Å². The van der Waals surface area contributed by atoms with Gasteiger partial charge in [0.25, 0.3) is 5.78 Å². The molecule has 0 saturated carbocycles. The fraction of sp³-hybridized carbons (Fsp3) is 0.167. The van der Waals surface area contributed by atoms with Gasteiger partial charge in [0.15, 0.2) is 0 Å². The summed E-state index contributed by atoms with van der Waals surface area (Å²) < 4.78 is 2.24. The summed E-state index contributed by atoms with van der Waals surface area (Å²) in [7, 11) is 0. The Labute approximate surface area is 76.2 Å². The highest BCUT2D eigenvalue weighted by atomic mass is 79.9. The third kappa shape index (κ3) is 1.04. The predicted octanol–water partition coefficient (Wildman–Crippen LogP) is 0.901. The lowest BCUT2D eigenvalue weighted by molar-refractivity contribution is 0.431. The van der Waals surface area contributed by atoms with Crippen LogP contribution in [0.25, 0.3) is 5.78 Å². The van der Waals surface area contributed by atoms with Gasteiger partial charge >= 0.3 is 6.01 Å². The van der Waals surface area contributed by atoms with Crippen LogP contribution < -0.4 is 0 Å². The summed E-state index contributed by atoms with van der Waals surface area (Å²) in [6, 6.07) is -0.264. The molecule has 0 amide bonds. The van der Waals surface area contributed by atoms with E-state index in [2.05, 4.69) is 31.0 Å². The van der Waals surface area contributed by atoms with Gasteiger partial charge in [0.2, 0.25) is 0 Å². The molecule has 0 aromatic carbocycles. The molecule has 5 nitrogen and oxygen atoms in total. The molecule has 2 rings (SSSR count). The number of nitrogens with zero attached hydrogens (tertiary/aromatic N) is 4. The number of aromatic nitrogens is 4. The number of hydrogen-bond donors (Lipinski definition) is 1. The fourth-order valence-electron chi connectivity index (χ4n) is 0.871. The van der Waals surface area contributed by atoms with Gasteiger partial charge in [-0.1, -0.05) is 0 Å². The lowest BCUT2D eigenvalue weighted by Crippen LogP contribution is -1.93. The monoisotopic (exact) mass is 228 g/mol. The molecule has 2 aromatic rings. The second kappa shape index (κ2) is 2.41. The molecule has 2 aromatic heterocycles. The van der Waals surface area contributed by atoms with Crippen LogP contribution in [0.4, 0.5) is 0 Å². The van der Waals surface area contributed by atoms with Gasteiger partial charge in [-0.05, 0) is 22.9 Å². The molecule has 0 aliphatic heterocycles. The van der Waals surface area contributed by atoms with Gasteiger partial charge in [0.1, 0.15) is 0 Å². The molecule has 0 fully saturated rings. The Morgan fingerprint density at radius 2 is 2.25 bits per heavy atom. The van der Waals surface area contributed by atoms with E-state index in [0.29, 0.717) is 5.78 Å². The van der Waals surface area contributed by atoms with E-state index in [9.17, 15) is 0 Å². The van der Waals surface area contributed by atoms with Crippen LogP contribution in [0, 0.1) is 6.92 Å². The maximum absolute atomic E-state index is 8.94. The zero-order chi connectivity index (χ0) is 8.72. The van der Waals surface area contributed by atoms with Crippen LogP contribution in [0.1, 0.15) is 5.69 Å². The Kier molecular flexibility index (Phi) is 1.50. The lowest BCUT2D eigenvalue weighted by atomic mass is 10.5. The molecule has 0 aliphatic carbocycles. The van der Waals surface area contributed by atoms with Gasteiger partial charge < -0.3 is 5.11 Å². The van der Waals surface area contributed by atoms with Crippen molar-refractivity contribution in [3.8, 4) is 6.01 Å². The van der Waals surface area contributed by atoms with Crippen molar-refractivity contribution in [2.24, 2.45) is 0 Å². The van der Waals surface area contributed by atoms with Gasteiger partial charge in [-0.15, -0.1) is 5.10 Å². The molecule has 0 bridgehead atoms. The number of hydrogen-bond acceptors (Lipinski definition) is 4. The Morgan fingerprint density at radius 1 is 1.50 bits per heavy atom. The smallest absolute Gasteiger partial charge is 0.335 e. The van der Waals surface area contributed by atoms with Gasteiger partial charge in [-0.25, -0.2) is 4.98 Å². The van der Waals surface area contributed by atoms with Crippen molar-refractivity contribution >= 4 is 21.7 Å². The second-order valence-corrected chi connectivity index (χ2v) is 3.18. The Bertz CT molecular complexity index is 399. The van der Waals surface area contributed by atoms with E-state index >= 15 is 0 Å². The number of fused-ring (bicyclic) bond motifs is 1. The maximum Gasteiger partial charge on any atom is 0.335 e. The Morgan fingerprint density at radius 3 is 3.00 bits per heavy atom. The van der Waals surface area contributed by atoms with Crippen molar-refractivity contribution in [1.29, 1.82) is 0 Å². The predicted molar refractivity (Wildman–Crippen MR) is 44.9 cm³/mol. The van der Waals surface area contributed by atoms with E-state index in [1.165, 1.54) is 4.52 Å². The topological polar surface area (TPSA) is 63.3 Å². The first-order valence-electron chi connectivity index (χ1n) is 3.25. The molecule has 0 radical (unpaired) electrons. The van der Waals surface area contributed by atoms with Crippen LogP contribution >= 0.6 is 15.9 Å². The van der Waals surface area contributed by atoms with Crippen molar-refractivity contribution < 1.29 is 5.11 Å². The SMILES string of the molecule is Cc1nc2nc(O)nn2cc1Br. The average molecular weight is 229 g/mol. The molecular weight excluding hydrogens is 224 g/mol. The van der Waals surface area contributed by atoms with Gasteiger partial charge in [-0.3, -0.25) is 0 Å². The third-order valence-corrected chi connectivity index (χ3v) is 2.23. The Balaban J connectivity index is 2.83. The zero-order valence-corrected chi connectivity index (χ0v) is 7.78. The molecular formula is C6H5BrN4O. The fourth-order valence-corrected chi connectivity index (χ4v) is 1.15. The van der Waals surface area contributed by atoms with Crippen LogP contribution in [-0.2, 0) is 0 Å². The first-order valence-corrected chi connectivity index (χ1v) is 4.04. The van der Waals surface area contributed by atoms with Crippen LogP contribution in [0.5, 0.6) is 6.01 Å². The van der Waals surface area contributed by atoms with Gasteiger partial charge in [0, 0.05) is 6.20 Å². The normalized spacial score (nSPS) is 10.8. The molecule has 6 heteroatoms. The quantitative estimate of drug-likeness (QED) is 0.728. The summed E-state index contributed by atoms with van der Waals surface area (Å²) in [5.41, 5.74) is 0.815. The first-order chi connectivity index (χ1) is 5.66. The van der Waals surface area contributed by atoms with Crippen molar-refractivity contribution in [3.63, 3.8) is 0 Å². The highest BCUT2D eigenvalue weighted by Gasteiger charge is 2.04. The van der Waals surface area contributed by atoms with Gasteiger partial charge in [0.05, 0.1) is 10.2 Å². The highest BCUT2D eigenvalue weighted by Crippen LogP contribution is 2.14. The summed E-state index contributed by atoms with van der Waals surface area (Å²) in [5.74, 6) is 0.396. The zero-order valence-electron chi connectivity index (χ0n) is 6.19. The molecule has 0 unspecified atom stereocenters. The van der Waals surface area contributed by atoms with Crippen molar-refractivity contribution in [2.75, 3.05) is 0 Å². The van der Waals surface area contributed by atoms with E-state index in [4.69, 9.17) is 5.11 Å². The van der Waals surface area contributed by atoms with Gasteiger partial charge in [-0.2, -0.15) is 9.50 Å². The molecule has 0 spiro atoms. The van der Waals surface area contributed by atoms with Crippen molar-refractivity contribution in [3.05, 3.63) is 16.4 Å². The van der Waals surface area contributed by atoms with E-state index in [-0.39, 0.29) is 6.01 Å². The van der Waals surface area contributed by atoms with Crippen LogP contribution in [0.15, 0.2) is 10.7 Å². The molecule has 62 valence electrons. The summed E-state index contributed by atoms with van der Waals surface area (Å²) in [6.07, 6.45) is 1.70. The van der Waals surface area contributed by atoms with Crippen molar-refractivity contribution in [2.45, 2.75) is 6.92 Å². The van der Waals surface area contributed by atoms with E-state index < -0.39 is 0 Å². The van der Waals surface area contributed by atoms with E-state index in [0.717, 1.165) is 10.2 Å². The number of halogens is 1. The minimum atomic E-state index is -0.264. The summed E-state index contributed by atoms with van der Waals surface area (Å²) in [4.78, 5) is 7.77. The third-order valence-electron chi connectivity index (χ3n) is 1.45. The van der Waals surface area contributed by atoms with E-state index in [1.807, 2.05) is 6.92 Å². The molecule has 0 saturated heterocycles. The Hall–Kier alpha value is -1.17. The van der Waals surface area contributed by atoms with Crippen LogP contribution in [-0.4, -0.2) is 24.7 Å². The van der Waals surface area contributed by atoms with Crippen molar-refractivity contribution in [1.82, 2.24) is 19.6 Å². The molecule has 12 heavy (non-hydrogen) atoms. The minimum absolute atomic E-state index is 0.264. The van der Waals surface area contributed by atoms with Crippen LogP contribution in [0.2, 0.25) is 0 Å². The highest BCUT2D eigenvalue weighted by molar-refractivity contribution is 9.10.